The Morgan fingerprint density at radius 3 is 2.54 bits per heavy atom. The molecule has 1 aliphatic rings. The Labute approximate surface area is 81.8 Å². The lowest BCUT2D eigenvalue weighted by Crippen LogP contribution is -2.50. The monoisotopic (exact) mass is 182 g/mol. The van der Waals surface area contributed by atoms with Gasteiger partial charge in [-0.3, -0.25) is 0 Å². The predicted octanol–water partition coefficient (Wildman–Crippen LogP) is 1.77. The maximum Gasteiger partial charge on any atom is 0.0283 e. The zero-order chi connectivity index (χ0) is 9.73. The van der Waals surface area contributed by atoms with Crippen LogP contribution in [0.4, 0.5) is 0 Å². The van der Waals surface area contributed by atoms with Gasteiger partial charge in [0.05, 0.1) is 0 Å². The second-order valence-electron chi connectivity index (χ2n) is 4.41. The van der Waals surface area contributed by atoms with Crippen molar-refractivity contribution in [2.75, 3.05) is 20.1 Å². The van der Waals surface area contributed by atoms with Gasteiger partial charge in [0.25, 0.3) is 0 Å². The van der Waals surface area contributed by atoms with Crippen LogP contribution in [0.25, 0.3) is 0 Å². The number of likely N-dealkylation sites (N-methyl/N-ethyl adjacent to an activating group) is 1. The van der Waals surface area contributed by atoms with E-state index >= 15 is 0 Å². The molecule has 0 aliphatic heterocycles. The van der Waals surface area contributed by atoms with Crippen LogP contribution in [0.5, 0.6) is 0 Å². The van der Waals surface area contributed by atoms with E-state index in [0.717, 1.165) is 13.1 Å². The summed E-state index contributed by atoms with van der Waals surface area (Å²) in [5.41, 5.74) is 6.39. The van der Waals surface area contributed by atoms with Crippen molar-refractivity contribution in [3.8, 4) is 0 Å². The predicted molar refractivity (Wildman–Crippen MR) is 57.7 cm³/mol. The molecule has 2 heteroatoms. The third-order valence-corrected chi connectivity index (χ3v) is 2.87. The highest BCUT2D eigenvalue weighted by atomic mass is 15.1. The molecular weight excluding hydrogens is 160 g/mol. The number of hydrogen-bond acceptors (Lipinski definition) is 2. The van der Waals surface area contributed by atoms with Crippen molar-refractivity contribution in [2.45, 2.75) is 37.6 Å². The summed E-state index contributed by atoms with van der Waals surface area (Å²) >= 11 is 0. The first-order chi connectivity index (χ1) is 6.16. The van der Waals surface area contributed by atoms with Crippen LogP contribution in [0.15, 0.2) is 12.7 Å². The Morgan fingerprint density at radius 2 is 2.00 bits per heavy atom. The topological polar surface area (TPSA) is 29.3 Å². The first kappa shape index (κ1) is 10.7. The van der Waals surface area contributed by atoms with Crippen molar-refractivity contribution in [1.82, 2.24) is 4.90 Å². The maximum atomic E-state index is 6.31. The van der Waals surface area contributed by atoms with Crippen LogP contribution in [0, 0.1) is 0 Å². The minimum Gasteiger partial charge on any atom is -0.324 e. The first-order valence-electron chi connectivity index (χ1n) is 5.25. The molecule has 1 saturated carbocycles. The molecule has 1 rings (SSSR count). The quantitative estimate of drug-likeness (QED) is 0.671. The highest BCUT2D eigenvalue weighted by Crippen LogP contribution is 2.26. The van der Waals surface area contributed by atoms with E-state index in [-0.39, 0.29) is 5.54 Å². The Bertz CT molecular complexity index is 159. The van der Waals surface area contributed by atoms with Crippen molar-refractivity contribution >= 4 is 0 Å². The van der Waals surface area contributed by atoms with Crippen LogP contribution in [0.3, 0.4) is 0 Å². The molecule has 1 fully saturated rings. The molecule has 0 amide bonds. The Morgan fingerprint density at radius 1 is 1.38 bits per heavy atom. The molecule has 0 atom stereocenters. The van der Waals surface area contributed by atoms with E-state index in [2.05, 4.69) is 18.5 Å². The summed E-state index contributed by atoms with van der Waals surface area (Å²) in [4.78, 5) is 2.26. The fraction of sp³-hybridized carbons (Fsp3) is 0.818. The minimum atomic E-state index is 0.0794. The van der Waals surface area contributed by atoms with Gasteiger partial charge in [-0.15, -0.1) is 6.58 Å². The van der Waals surface area contributed by atoms with Crippen LogP contribution in [-0.4, -0.2) is 30.6 Å². The van der Waals surface area contributed by atoms with Crippen molar-refractivity contribution < 1.29 is 0 Å². The van der Waals surface area contributed by atoms with E-state index in [1.165, 1.54) is 32.1 Å². The van der Waals surface area contributed by atoms with Gasteiger partial charge in [0, 0.05) is 18.6 Å². The fourth-order valence-corrected chi connectivity index (χ4v) is 2.24. The van der Waals surface area contributed by atoms with Crippen molar-refractivity contribution in [3.63, 3.8) is 0 Å². The molecule has 13 heavy (non-hydrogen) atoms. The highest BCUT2D eigenvalue weighted by molar-refractivity contribution is 4.90. The molecule has 0 saturated heterocycles. The fourth-order valence-electron chi connectivity index (χ4n) is 2.24. The van der Waals surface area contributed by atoms with Gasteiger partial charge >= 0.3 is 0 Å². The van der Waals surface area contributed by atoms with Gasteiger partial charge in [0.15, 0.2) is 0 Å². The van der Waals surface area contributed by atoms with Crippen molar-refractivity contribution in [3.05, 3.63) is 12.7 Å². The number of hydrogen-bond donors (Lipinski definition) is 1. The van der Waals surface area contributed by atoms with E-state index in [4.69, 9.17) is 5.73 Å². The molecule has 1 aliphatic carbocycles. The van der Waals surface area contributed by atoms with Gasteiger partial charge in [0.1, 0.15) is 0 Å². The molecule has 2 nitrogen and oxygen atoms in total. The molecule has 76 valence electrons. The second kappa shape index (κ2) is 4.77. The minimum absolute atomic E-state index is 0.0794. The normalized spacial score (nSPS) is 21.8. The summed E-state index contributed by atoms with van der Waals surface area (Å²) in [5, 5.41) is 0. The summed E-state index contributed by atoms with van der Waals surface area (Å²) in [6.07, 6.45) is 8.29. The van der Waals surface area contributed by atoms with Crippen LogP contribution in [0.2, 0.25) is 0 Å². The van der Waals surface area contributed by atoms with Gasteiger partial charge < -0.3 is 10.6 Å². The molecule has 0 aromatic rings. The molecule has 0 bridgehead atoms. The molecule has 0 radical (unpaired) electrons. The maximum absolute atomic E-state index is 6.31. The molecule has 0 aromatic heterocycles. The standard InChI is InChI=1S/C11H22N2/c1-3-9-13(2)10-11(12)7-5-4-6-8-11/h3H,1,4-10,12H2,2H3. The Balaban J connectivity index is 2.35. The lowest BCUT2D eigenvalue weighted by molar-refractivity contribution is 0.209. The van der Waals surface area contributed by atoms with Gasteiger partial charge in [0.2, 0.25) is 0 Å². The summed E-state index contributed by atoms with van der Waals surface area (Å²) in [6, 6.07) is 0. The summed E-state index contributed by atoms with van der Waals surface area (Å²) in [5.74, 6) is 0. The number of rotatable bonds is 4. The molecule has 0 heterocycles. The summed E-state index contributed by atoms with van der Waals surface area (Å²) < 4.78 is 0. The van der Waals surface area contributed by atoms with Gasteiger partial charge in [-0.25, -0.2) is 0 Å². The van der Waals surface area contributed by atoms with E-state index < -0.39 is 0 Å². The lowest BCUT2D eigenvalue weighted by Gasteiger charge is -2.36. The smallest absolute Gasteiger partial charge is 0.0283 e. The largest absolute Gasteiger partial charge is 0.324 e. The third kappa shape index (κ3) is 3.49. The van der Waals surface area contributed by atoms with Crippen molar-refractivity contribution in [1.29, 1.82) is 0 Å². The molecule has 0 spiro atoms. The van der Waals surface area contributed by atoms with E-state index in [1.54, 1.807) is 0 Å². The molecule has 0 aromatic carbocycles. The van der Waals surface area contributed by atoms with Crippen molar-refractivity contribution in [2.24, 2.45) is 5.73 Å². The SMILES string of the molecule is C=CCN(C)CC1(N)CCCCC1. The lowest BCUT2D eigenvalue weighted by atomic mass is 9.82. The average molecular weight is 182 g/mol. The van der Waals surface area contributed by atoms with Crippen LogP contribution >= 0.6 is 0 Å². The first-order valence-corrected chi connectivity index (χ1v) is 5.25. The third-order valence-electron chi connectivity index (χ3n) is 2.87. The van der Waals surface area contributed by atoms with Gasteiger partial charge in [-0.05, 0) is 19.9 Å². The Kier molecular flexibility index (Phi) is 3.94. The average Bonchev–Trinajstić information content (AvgIpc) is 2.04. The number of nitrogens with zero attached hydrogens (tertiary/aromatic N) is 1. The number of nitrogens with two attached hydrogens (primary N) is 1. The molecule has 0 unspecified atom stereocenters. The molecule has 2 N–H and O–H groups in total. The van der Waals surface area contributed by atoms with Crippen LogP contribution < -0.4 is 5.73 Å². The van der Waals surface area contributed by atoms with E-state index in [0.29, 0.717) is 0 Å². The Hall–Kier alpha value is -0.340. The zero-order valence-corrected chi connectivity index (χ0v) is 8.76. The second-order valence-corrected chi connectivity index (χ2v) is 4.41. The zero-order valence-electron chi connectivity index (χ0n) is 8.76. The van der Waals surface area contributed by atoms with Gasteiger partial charge in [-0.1, -0.05) is 25.3 Å². The van der Waals surface area contributed by atoms with E-state index in [9.17, 15) is 0 Å². The van der Waals surface area contributed by atoms with Crippen LogP contribution in [-0.2, 0) is 0 Å². The molecular formula is C11H22N2. The van der Waals surface area contributed by atoms with Crippen LogP contribution in [0.1, 0.15) is 32.1 Å². The van der Waals surface area contributed by atoms with E-state index in [1.807, 2.05) is 6.08 Å². The summed E-state index contributed by atoms with van der Waals surface area (Å²) in [7, 11) is 2.12. The summed E-state index contributed by atoms with van der Waals surface area (Å²) in [6.45, 7) is 5.69. The highest BCUT2D eigenvalue weighted by Gasteiger charge is 2.28. The van der Waals surface area contributed by atoms with Gasteiger partial charge in [-0.2, -0.15) is 0 Å².